The molecule has 0 bridgehead atoms. The fraction of sp³-hybridized carbons (Fsp3) is 0.417. The maximum atomic E-state index is 11.2. The summed E-state index contributed by atoms with van der Waals surface area (Å²) in [6.45, 7) is 1.87. The molecule has 0 aromatic heterocycles. The Morgan fingerprint density at radius 3 is 2.47 bits per heavy atom. The number of ether oxygens (including phenoxy) is 1. The van der Waals surface area contributed by atoms with E-state index in [2.05, 4.69) is 10.1 Å². The van der Waals surface area contributed by atoms with Crippen molar-refractivity contribution in [3.8, 4) is 0 Å². The van der Waals surface area contributed by atoms with Gasteiger partial charge in [0.2, 0.25) is 0 Å². The number of anilines is 1. The van der Waals surface area contributed by atoms with Gasteiger partial charge in [-0.05, 0) is 24.1 Å². The number of benzene rings is 1. The SMILES string of the molecule is CNc1ccc(CC(C)C(=O)OC)cc1. The van der Waals surface area contributed by atoms with Crippen LogP contribution >= 0.6 is 0 Å². The average Bonchev–Trinajstić information content (AvgIpc) is 2.29. The molecule has 0 heterocycles. The van der Waals surface area contributed by atoms with Gasteiger partial charge in [-0.3, -0.25) is 4.79 Å². The van der Waals surface area contributed by atoms with Crippen LogP contribution in [0.15, 0.2) is 24.3 Å². The molecule has 0 saturated carbocycles. The number of hydrogen-bond acceptors (Lipinski definition) is 3. The smallest absolute Gasteiger partial charge is 0.308 e. The van der Waals surface area contributed by atoms with Gasteiger partial charge in [-0.25, -0.2) is 0 Å². The summed E-state index contributed by atoms with van der Waals surface area (Å²) in [7, 11) is 3.30. The van der Waals surface area contributed by atoms with Crippen LogP contribution in [-0.4, -0.2) is 20.1 Å². The Balaban J connectivity index is 2.60. The van der Waals surface area contributed by atoms with Crippen molar-refractivity contribution in [2.24, 2.45) is 5.92 Å². The second-order valence-electron chi connectivity index (χ2n) is 3.58. The Bertz CT molecular complexity index is 319. The number of rotatable bonds is 4. The third-order valence-electron chi connectivity index (χ3n) is 2.39. The molecule has 3 nitrogen and oxygen atoms in total. The molecule has 0 aliphatic carbocycles. The van der Waals surface area contributed by atoms with Crippen LogP contribution in [0.1, 0.15) is 12.5 Å². The Kier molecular flexibility index (Phi) is 4.16. The summed E-state index contributed by atoms with van der Waals surface area (Å²) in [4.78, 5) is 11.2. The summed E-state index contributed by atoms with van der Waals surface area (Å²) >= 11 is 0. The average molecular weight is 207 g/mol. The number of methoxy groups -OCH3 is 1. The highest BCUT2D eigenvalue weighted by Gasteiger charge is 2.13. The Morgan fingerprint density at radius 2 is 2.00 bits per heavy atom. The van der Waals surface area contributed by atoms with Gasteiger partial charge in [0.15, 0.2) is 0 Å². The van der Waals surface area contributed by atoms with Crippen LogP contribution in [0, 0.1) is 5.92 Å². The molecule has 1 aromatic carbocycles. The van der Waals surface area contributed by atoms with Gasteiger partial charge in [-0.1, -0.05) is 19.1 Å². The van der Waals surface area contributed by atoms with Crippen molar-refractivity contribution in [1.82, 2.24) is 0 Å². The molecule has 15 heavy (non-hydrogen) atoms. The molecular formula is C12H17NO2. The minimum absolute atomic E-state index is 0.0876. The van der Waals surface area contributed by atoms with Crippen LogP contribution in [0.4, 0.5) is 5.69 Å². The van der Waals surface area contributed by atoms with Gasteiger partial charge >= 0.3 is 5.97 Å². The van der Waals surface area contributed by atoms with Crippen molar-refractivity contribution in [3.05, 3.63) is 29.8 Å². The van der Waals surface area contributed by atoms with Gasteiger partial charge in [0.05, 0.1) is 13.0 Å². The molecule has 1 N–H and O–H groups in total. The van der Waals surface area contributed by atoms with E-state index in [-0.39, 0.29) is 11.9 Å². The highest BCUT2D eigenvalue weighted by atomic mass is 16.5. The second-order valence-corrected chi connectivity index (χ2v) is 3.58. The van der Waals surface area contributed by atoms with Crippen molar-refractivity contribution in [2.45, 2.75) is 13.3 Å². The molecule has 1 rings (SSSR count). The van der Waals surface area contributed by atoms with Crippen LogP contribution in [0.2, 0.25) is 0 Å². The van der Waals surface area contributed by atoms with E-state index in [0.717, 1.165) is 17.7 Å². The molecule has 82 valence electrons. The van der Waals surface area contributed by atoms with E-state index < -0.39 is 0 Å². The van der Waals surface area contributed by atoms with Gasteiger partial charge in [0.1, 0.15) is 0 Å². The molecular weight excluding hydrogens is 190 g/mol. The lowest BCUT2D eigenvalue weighted by Crippen LogP contribution is -2.15. The van der Waals surface area contributed by atoms with Crippen LogP contribution in [0.25, 0.3) is 0 Å². The number of carbonyl (C=O) groups is 1. The summed E-state index contributed by atoms with van der Waals surface area (Å²) in [5.41, 5.74) is 2.22. The van der Waals surface area contributed by atoms with Crippen LogP contribution in [0.3, 0.4) is 0 Å². The molecule has 0 aliphatic rings. The van der Waals surface area contributed by atoms with Gasteiger partial charge in [-0.2, -0.15) is 0 Å². The fourth-order valence-corrected chi connectivity index (χ4v) is 1.45. The normalized spacial score (nSPS) is 11.9. The summed E-state index contributed by atoms with van der Waals surface area (Å²) in [6, 6.07) is 8.04. The van der Waals surface area contributed by atoms with Gasteiger partial charge in [0.25, 0.3) is 0 Å². The second kappa shape index (κ2) is 5.39. The van der Waals surface area contributed by atoms with E-state index >= 15 is 0 Å². The highest BCUT2D eigenvalue weighted by molar-refractivity contribution is 5.72. The molecule has 0 spiro atoms. The molecule has 1 aromatic rings. The lowest BCUT2D eigenvalue weighted by atomic mass is 10.0. The van der Waals surface area contributed by atoms with Gasteiger partial charge < -0.3 is 10.1 Å². The predicted octanol–water partition coefficient (Wildman–Crippen LogP) is 2.08. The number of esters is 1. The van der Waals surface area contributed by atoms with Crippen LogP contribution < -0.4 is 5.32 Å². The monoisotopic (exact) mass is 207 g/mol. The summed E-state index contributed by atoms with van der Waals surface area (Å²) in [5, 5.41) is 3.05. The quantitative estimate of drug-likeness (QED) is 0.768. The third kappa shape index (κ3) is 3.27. The highest BCUT2D eigenvalue weighted by Crippen LogP contribution is 2.13. The van der Waals surface area contributed by atoms with E-state index in [0.29, 0.717) is 0 Å². The van der Waals surface area contributed by atoms with E-state index in [1.54, 1.807) is 0 Å². The maximum absolute atomic E-state index is 11.2. The van der Waals surface area contributed by atoms with Gasteiger partial charge in [-0.15, -0.1) is 0 Å². The molecule has 0 saturated heterocycles. The third-order valence-corrected chi connectivity index (χ3v) is 2.39. The van der Waals surface area contributed by atoms with Crippen molar-refractivity contribution in [2.75, 3.05) is 19.5 Å². The molecule has 0 amide bonds. The summed E-state index contributed by atoms with van der Waals surface area (Å²) in [5.74, 6) is -0.247. The molecule has 0 fully saturated rings. The lowest BCUT2D eigenvalue weighted by Gasteiger charge is -2.09. The first kappa shape index (κ1) is 11.6. The Labute approximate surface area is 90.4 Å². The minimum Gasteiger partial charge on any atom is -0.469 e. The van der Waals surface area contributed by atoms with Crippen molar-refractivity contribution < 1.29 is 9.53 Å². The van der Waals surface area contributed by atoms with Crippen LogP contribution in [0.5, 0.6) is 0 Å². The molecule has 1 unspecified atom stereocenters. The van der Waals surface area contributed by atoms with Crippen molar-refractivity contribution in [1.29, 1.82) is 0 Å². The van der Waals surface area contributed by atoms with E-state index in [1.807, 2.05) is 38.2 Å². The topological polar surface area (TPSA) is 38.3 Å². The molecule has 1 atom stereocenters. The summed E-state index contributed by atoms with van der Waals surface area (Å²) in [6.07, 6.45) is 0.719. The first-order valence-electron chi connectivity index (χ1n) is 5.02. The zero-order valence-electron chi connectivity index (χ0n) is 9.41. The van der Waals surface area contributed by atoms with Crippen molar-refractivity contribution in [3.63, 3.8) is 0 Å². The van der Waals surface area contributed by atoms with E-state index in [4.69, 9.17) is 0 Å². The number of hydrogen-bond donors (Lipinski definition) is 1. The number of nitrogens with one attached hydrogen (secondary N) is 1. The Morgan fingerprint density at radius 1 is 1.40 bits per heavy atom. The fourth-order valence-electron chi connectivity index (χ4n) is 1.45. The first-order chi connectivity index (χ1) is 7.17. The molecule has 3 heteroatoms. The largest absolute Gasteiger partial charge is 0.469 e. The molecule has 0 aliphatic heterocycles. The Hall–Kier alpha value is -1.51. The van der Waals surface area contributed by atoms with Crippen molar-refractivity contribution >= 4 is 11.7 Å². The van der Waals surface area contributed by atoms with Gasteiger partial charge in [0, 0.05) is 12.7 Å². The van der Waals surface area contributed by atoms with E-state index in [1.165, 1.54) is 7.11 Å². The summed E-state index contributed by atoms with van der Waals surface area (Å²) < 4.78 is 4.68. The zero-order valence-corrected chi connectivity index (χ0v) is 9.41. The minimum atomic E-state index is -0.160. The predicted molar refractivity (Wildman–Crippen MR) is 60.9 cm³/mol. The first-order valence-corrected chi connectivity index (χ1v) is 5.02. The van der Waals surface area contributed by atoms with Crippen LogP contribution in [-0.2, 0) is 16.0 Å². The standard InChI is InChI=1S/C12H17NO2/c1-9(12(14)15-3)8-10-4-6-11(13-2)7-5-10/h4-7,9,13H,8H2,1-3H3. The molecule has 0 radical (unpaired) electrons. The lowest BCUT2D eigenvalue weighted by molar-refractivity contribution is -0.144. The van der Waals surface area contributed by atoms with E-state index in [9.17, 15) is 4.79 Å². The number of carbonyl (C=O) groups excluding carboxylic acids is 1. The zero-order chi connectivity index (χ0) is 11.3. The maximum Gasteiger partial charge on any atom is 0.308 e.